The Kier molecular flexibility index (Phi) is 8.35. The molecule has 31 heavy (non-hydrogen) atoms. The van der Waals surface area contributed by atoms with Gasteiger partial charge in [-0.3, -0.25) is 4.79 Å². The van der Waals surface area contributed by atoms with Crippen LogP contribution in [0.3, 0.4) is 0 Å². The number of hydrazone groups is 1. The Labute approximate surface area is 193 Å². The third kappa shape index (κ3) is 7.53. The van der Waals surface area contributed by atoms with Gasteiger partial charge in [-0.15, -0.1) is 10.2 Å². The predicted octanol–water partition coefficient (Wildman–Crippen LogP) is 5.75. The maximum absolute atomic E-state index is 12.5. The van der Waals surface area contributed by atoms with Crippen LogP contribution in [0.1, 0.15) is 16.7 Å². The van der Waals surface area contributed by atoms with Gasteiger partial charge in [-0.25, -0.2) is 5.43 Å². The Bertz CT molecular complexity index is 1060. The minimum absolute atomic E-state index is 0.0775. The van der Waals surface area contributed by atoms with E-state index in [0.29, 0.717) is 20.7 Å². The summed E-state index contributed by atoms with van der Waals surface area (Å²) in [5.74, 6) is 0.375. The van der Waals surface area contributed by atoms with Crippen LogP contribution in [0.25, 0.3) is 0 Å². The monoisotopic (exact) mass is 502 g/mol. The molecule has 0 unspecified atom stereocenters. The van der Waals surface area contributed by atoms with Gasteiger partial charge in [0.15, 0.2) is 8.68 Å². The molecule has 3 rings (SSSR count). The van der Waals surface area contributed by atoms with Gasteiger partial charge in [-0.05, 0) is 29.3 Å². The van der Waals surface area contributed by atoms with Gasteiger partial charge in [-0.2, -0.15) is 18.3 Å². The number of hydrogen-bond acceptors (Lipinski definition) is 7. The lowest BCUT2D eigenvalue weighted by molar-refractivity contribution is -0.137. The van der Waals surface area contributed by atoms with Crippen molar-refractivity contribution in [1.29, 1.82) is 0 Å². The predicted molar refractivity (Wildman–Crippen MR) is 119 cm³/mol. The largest absolute Gasteiger partial charge is 0.416 e. The van der Waals surface area contributed by atoms with Crippen molar-refractivity contribution < 1.29 is 18.0 Å². The van der Waals surface area contributed by atoms with Crippen molar-refractivity contribution in [3.63, 3.8) is 0 Å². The Morgan fingerprint density at radius 1 is 1.10 bits per heavy atom. The maximum Gasteiger partial charge on any atom is 0.416 e. The van der Waals surface area contributed by atoms with Crippen LogP contribution < -0.4 is 5.43 Å². The van der Waals surface area contributed by atoms with Crippen molar-refractivity contribution in [2.24, 2.45) is 5.10 Å². The third-order valence-corrected chi connectivity index (χ3v) is 7.27. The smallest absolute Gasteiger partial charge is 0.272 e. The quantitative estimate of drug-likeness (QED) is 0.241. The first kappa shape index (κ1) is 23.6. The first-order valence-electron chi connectivity index (χ1n) is 8.63. The summed E-state index contributed by atoms with van der Waals surface area (Å²) in [7, 11) is 0. The molecule has 0 atom stereocenters. The number of thioether (sulfide) groups is 2. The highest BCUT2D eigenvalue weighted by Gasteiger charge is 2.29. The van der Waals surface area contributed by atoms with Crippen molar-refractivity contribution in [1.82, 2.24) is 15.6 Å². The summed E-state index contributed by atoms with van der Waals surface area (Å²) in [6, 6.07) is 12.0. The van der Waals surface area contributed by atoms with Gasteiger partial charge in [0.25, 0.3) is 5.91 Å². The molecule has 1 amide bonds. The van der Waals surface area contributed by atoms with E-state index in [1.54, 1.807) is 0 Å². The van der Waals surface area contributed by atoms with Gasteiger partial charge in [0, 0.05) is 10.8 Å². The zero-order valence-corrected chi connectivity index (χ0v) is 18.8. The molecule has 12 heteroatoms. The highest BCUT2D eigenvalue weighted by Crippen LogP contribution is 2.32. The molecule has 0 saturated heterocycles. The highest BCUT2D eigenvalue weighted by molar-refractivity contribution is 8.03. The van der Waals surface area contributed by atoms with E-state index in [0.717, 1.165) is 22.0 Å². The molecule has 1 heterocycles. The fraction of sp³-hybridized carbons (Fsp3) is 0.158. The molecule has 0 saturated carbocycles. The Hall–Kier alpha value is -2.08. The fourth-order valence-corrected chi connectivity index (χ4v) is 5.26. The number of amides is 1. The number of nitrogens with one attached hydrogen (secondary N) is 1. The second kappa shape index (κ2) is 11.0. The number of carbonyl (C=O) groups is 1. The number of alkyl halides is 3. The minimum atomic E-state index is -4.39. The van der Waals surface area contributed by atoms with E-state index in [9.17, 15) is 18.0 Å². The molecule has 2 aromatic carbocycles. The van der Waals surface area contributed by atoms with Crippen LogP contribution in [0, 0.1) is 0 Å². The van der Waals surface area contributed by atoms with Crippen molar-refractivity contribution in [3.05, 3.63) is 70.2 Å². The van der Waals surface area contributed by atoms with Gasteiger partial charge < -0.3 is 0 Å². The molecule has 0 radical (unpaired) electrons. The van der Waals surface area contributed by atoms with Crippen LogP contribution >= 0.6 is 46.5 Å². The lowest BCUT2D eigenvalue weighted by Gasteiger charge is -2.05. The molecule has 0 spiro atoms. The molecule has 0 aliphatic rings. The first-order chi connectivity index (χ1) is 14.8. The van der Waals surface area contributed by atoms with Crippen molar-refractivity contribution in [2.45, 2.75) is 20.6 Å². The summed E-state index contributed by atoms with van der Waals surface area (Å²) in [4.78, 5) is 11.9. The molecule has 0 aliphatic carbocycles. The van der Waals surface area contributed by atoms with Crippen LogP contribution in [0.15, 0.2) is 62.3 Å². The summed E-state index contributed by atoms with van der Waals surface area (Å²) in [6.45, 7) is 0. The summed E-state index contributed by atoms with van der Waals surface area (Å²) < 4.78 is 39.0. The Balaban J connectivity index is 1.42. The summed E-state index contributed by atoms with van der Waals surface area (Å²) >= 11 is 10.2. The molecule has 1 N–H and O–H groups in total. The lowest BCUT2D eigenvalue weighted by atomic mass is 10.1. The molecule has 5 nitrogen and oxygen atoms in total. The van der Waals surface area contributed by atoms with Crippen LogP contribution in [-0.4, -0.2) is 28.1 Å². The molecular weight excluding hydrogens is 489 g/mol. The van der Waals surface area contributed by atoms with E-state index in [1.165, 1.54) is 53.2 Å². The molecular formula is C19H14ClF3N4OS3. The van der Waals surface area contributed by atoms with Gasteiger partial charge in [0.2, 0.25) is 0 Å². The highest BCUT2D eigenvalue weighted by atomic mass is 35.5. The zero-order valence-electron chi connectivity index (χ0n) is 15.6. The molecule has 3 aromatic rings. The zero-order chi connectivity index (χ0) is 22.3. The molecule has 0 aliphatic heterocycles. The Morgan fingerprint density at radius 3 is 2.45 bits per heavy atom. The number of rotatable bonds is 8. The molecule has 162 valence electrons. The summed E-state index contributed by atoms with van der Waals surface area (Å²) in [5, 5.41) is 12.6. The van der Waals surface area contributed by atoms with E-state index in [1.807, 2.05) is 24.3 Å². The number of hydrogen-bond donors (Lipinski definition) is 1. The average molecular weight is 503 g/mol. The van der Waals surface area contributed by atoms with Crippen LogP contribution in [0.4, 0.5) is 13.2 Å². The average Bonchev–Trinajstić information content (AvgIpc) is 3.19. The number of nitrogens with zero attached hydrogens (tertiary/aromatic N) is 3. The topological polar surface area (TPSA) is 67.2 Å². The third-order valence-electron chi connectivity index (χ3n) is 3.66. The standard InChI is InChI=1S/C19H14ClF3N4OS3/c20-15-4-2-1-3-13(15)10-29-17-26-27-18(31-17)30-11-16(28)25-24-9-12-5-7-14(8-6-12)19(21,22)23/h1-9H,10-11H2,(H,25,28)/b24-9-. The van der Waals surface area contributed by atoms with Crippen molar-refractivity contribution in [2.75, 3.05) is 5.75 Å². The van der Waals surface area contributed by atoms with Gasteiger partial charge in [0.1, 0.15) is 0 Å². The van der Waals surface area contributed by atoms with E-state index < -0.39 is 11.7 Å². The van der Waals surface area contributed by atoms with Crippen LogP contribution in [-0.2, 0) is 16.7 Å². The van der Waals surface area contributed by atoms with E-state index in [2.05, 4.69) is 20.7 Å². The first-order valence-corrected chi connectivity index (χ1v) is 11.8. The number of carbonyl (C=O) groups excluding carboxylic acids is 1. The van der Waals surface area contributed by atoms with Gasteiger partial charge in [0.05, 0.1) is 17.5 Å². The SMILES string of the molecule is O=C(CSc1nnc(SCc2ccccc2Cl)s1)N/N=C\c1ccc(C(F)(F)F)cc1. The minimum Gasteiger partial charge on any atom is -0.272 e. The van der Waals surface area contributed by atoms with Crippen LogP contribution in [0.5, 0.6) is 0 Å². The van der Waals surface area contributed by atoms with Crippen molar-refractivity contribution >= 4 is 58.6 Å². The second-order valence-corrected chi connectivity index (χ2v) is 9.75. The lowest BCUT2D eigenvalue weighted by Crippen LogP contribution is -2.19. The molecule has 1 aromatic heterocycles. The fourth-order valence-electron chi connectivity index (χ4n) is 2.17. The number of benzene rings is 2. The van der Waals surface area contributed by atoms with Gasteiger partial charge >= 0.3 is 6.18 Å². The number of halogens is 4. The van der Waals surface area contributed by atoms with E-state index >= 15 is 0 Å². The van der Waals surface area contributed by atoms with E-state index in [-0.39, 0.29) is 11.7 Å². The van der Waals surface area contributed by atoms with Crippen molar-refractivity contribution in [3.8, 4) is 0 Å². The molecule has 0 bridgehead atoms. The summed E-state index contributed by atoms with van der Waals surface area (Å²) in [6.07, 6.45) is -3.12. The maximum atomic E-state index is 12.5. The van der Waals surface area contributed by atoms with Gasteiger partial charge in [-0.1, -0.05) is 76.8 Å². The molecule has 0 fully saturated rings. The normalized spacial score (nSPS) is 11.7. The Morgan fingerprint density at radius 2 is 1.77 bits per heavy atom. The van der Waals surface area contributed by atoms with Crippen LogP contribution in [0.2, 0.25) is 5.02 Å². The summed E-state index contributed by atoms with van der Waals surface area (Å²) in [5.41, 5.74) is 3.03. The van der Waals surface area contributed by atoms with E-state index in [4.69, 9.17) is 11.6 Å². The second-order valence-electron chi connectivity index (χ2n) is 5.92. The number of aromatic nitrogens is 2.